The Kier molecular flexibility index (Phi) is 6.35. The van der Waals surface area contributed by atoms with E-state index in [2.05, 4.69) is 11.8 Å². The van der Waals surface area contributed by atoms with Crippen molar-refractivity contribution in [3.8, 4) is 0 Å². The molecule has 1 saturated heterocycles. The van der Waals surface area contributed by atoms with Crippen LogP contribution in [0, 0.1) is 5.92 Å². The molecule has 1 aliphatic heterocycles. The molecule has 4 nitrogen and oxygen atoms in total. The Labute approximate surface area is 151 Å². The third-order valence-electron chi connectivity index (χ3n) is 5.83. The largest absolute Gasteiger partial charge is 0.399 e. The van der Waals surface area contributed by atoms with Crippen LogP contribution in [0.3, 0.4) is 0 Å². The zero-order valence-corrected chi connectivity index (χ0v) is 15.5. The van der Waals surface area contributed by atoms with E-state index in [4.69, 9.17) is 10.5 Å². The SMILES string of the molecule is CC1CCC(N(CC2CCCO2)C(=O)CCc2ccccc2N)CC1. The van der Waals surface area contributed by atoms with E-state index in [1.165, 1.54) is 12.8 Å². The molecule has 1 heterocycles. The minimum absolute atomic E-state index is 0.227. The number of anilines is 1. The van der Waals surface area contributed by atoms with Gasteiger partial charge in [0.05, 0.1) is 6.10 Å². The normalized spacial score (nSPS) is 26.5. The molecule has 2 aliphatic rings. The minimum atomic E-state index is 0.227. The van der Waals surface area contributed by atoms with E-state index in [1.54, 1.807) is 0 Å². The molecule has 0 bridgehead atoms. The first kappa shape index (κ1) is 18.2. The minimum Gasteiger partial charge on any atom is -0.399 e. The molecular formula is C21H32N2O2. The zero-order valence-electron chi connectivity index (χ0n) is 15.5. The van der Waals surface area contributed by atoms with Crippen LogP contribution >= 0.6 is 0 Å². The van der Waals surface area contributed by atoms with E-state index in [0.717, 1.165) is 62.4 Å². The van der Waals surface area contributed by atoms with Crippen molar-refractivity contribution in [2.75, 3.05) is 18.9 Å². The fraction of sp³-hybridized carbons (Fsp3) is 0.667. The van der Waals surface area contributed by atoms with Crippen molar-refractivity contribution >= 4 is 11.6 Å². The molecule has 1 atom stereocenters. The lowest BCUT2D eigenvalue weighted by Gasteiger charge is -2.37. The lowest BCUT2D eigenvalue weighted by atomic mass is 9.86. The highest BCUT2D eigenvalue weighted by molar-refractivity contribution is 5.77. The van der Waals surface area contributed by atoms with Crippen LogP contribution in [0.2, 0.25) is 0 Å². The lowest BCUT2D eigenvalue weighted by Crippen LogP contribution is -2.46. The number of benzene rings is 1. The molecule has 0 spiro atoms. The average Bonchev–Trinajstić information content (AvgIpc) is 3.13. The molecule has 0 aromatic heterocycles. The Morgan fingerprint density at radius 3 is 2.64 bits per heavy atom. The number of hydrogen-bond acceptors (Lipinski definition) is 3. The predicted octanol–water partition coefficient (Wildman–Crippen LogP) is 3.79. The second-order valence-electron chi connectivity index (χ2n) is 7.79. The second-order valence-corrected chi connectivity index (χ2v) is 7.79. The van der Waals surface area contributed by atoms with E-state index < -0.39 is 0 Å². The Balaban J connectivity index is 1.62. The number of amides is 1. The molecule has 2 N–H and O–H groups in total. The van der Waals surface area contributed by atoms with Gasteiger partial charge in [-0.15, -0.1) is 0 Å². The van der Waals surface area contributed by atoms with Crippen molar-refractivity contribution < 1.29 is 9.53 Å². The summed E-state index contributed by atoms with van der Waals surface area (Å²) in [5.41, 5.74) is 7.89. The summed E-state index contributed by atoms with van der Waals surface area (Å²) in [6.07, 6.45) is 8.40. The average molecular weight is 344 g/mol. The van der Waals surface area contributed by atoms with Gasteiger partial charge >= 0.3 is 0 Å². The number of carbonyl (C=O) groups excluding carboxylic acids is 1. The highest BCUT2D eigenvalue weighted by Gasteiger charge is 2.30. The van der Waals surface area contributed by atoms with Gasteiger partial charge in [-0.25, -0.2) is 0 Å². The highest BCUT2D eigenvalue weighted by Crippen LogP contribution is 2.29. The van der Waals surface area contributed by atoms with E-state index >= 15 is 0 Å². The second kappa shape index (κ2) is 8.70. The Hall–Kier alpha value is -1.55. The van der Waals surface area contributed by atoms with Crippen LogP contribution in [0.15, 0.2) is 24.3 Å². The summed E-state index contributed by atoms with van der Waals surface area (Å²) in [6.45, 7) is 3.93. The van der Waals surface area contributed by atoms with Gasteiger partial charge in [-0.2, -0.15) is 0 Å². The smallest absolute Gasteiger partial charge is 0.223 e. The van der Waals surface area contributed by atoms with Gasteiger partial charge in [-0.1, -0.05) is 25.1 Å². The number of rotatable bonds is 6. The number of hydrogen-bond donors (Lipinski definition) is 1. The fourth-order valence-electron chi connectivity index (χ4n) is 4.16. The predicted molar refractivity (Wildman–Crippen MR) is 101 cm³/mol. The van der Waals surface area contributed by atoms with Crippen molar-refractivity contribution in [3.63, 3.8) is 0 Å². The summed E-state index contributed by atoms with van der Waals surface area (Å²) < 4.78 is 5.81. The van der Waals surface area contributed by atoms with Crippen LogP contribution in [0.25, 0.3) is 0 Å². The molecule has 1 aromatic carbocycles. The van der Waals surface area contributed by atoms with E-state index in [1.807, 2.05) is 24.3 Å². The topological polar surface area (TPSA) is 55.6 Å². The van der Waals surface area contributed by atoms with E-state index in [0.29, 0.717) is 12.5 Å². The van der Waals surface area contributed by atoms with Crippen LogP contribution in [0.4, 0.5) is 5.69 Å². The van der Waals surface area contributed by atoms with Gasteiger partial charge in [0.1, 0.15) is 0 Å². The lowest BCUT2D eigenvalue weighted by molar-refractivity contribution is -0.136. The van der Waals surface area contributed by atoms with Gasteiger partial charge in [-0.3, -0.25) is 4.79 Å². The summed E-state index contributed by atoms with van der Waals surface area (Å²) in [5, 5.41) is 0. The monoisotopic (exact) mass is 344 g/mol. The first-order valence-corrected chi connectivity index (χ1v) is 9.88. The van der Waals surface area contributed by atoms with Crippen molar-refractivity contribution in [2.45, 2.75) is 70.4 Å². The van der Waals surface area contributed by atoms with Gasteiger partial charge in [0.2, 0.25) is 5.91 Å². The fourth-order valence-corrected chi connectivity index (χ4v) is 4.16. The molecule has 1 saturated carbocycles. The van der Waals surface area contributed by atoms with E-state index in [9.17, 15) is 4.79 Å². The van der Waals surface area contributed by atoms with Crippen LogP contribution in [-0.4, -0.2) is 36.1 Å². The first-order chi connectivity index (χ1) is 12.1. The molecule has 2 fully saturated rings. The van der Waals surface area contributed by atoms with Gasteiger partial charge in [0.15, 0.2) is 0 Å². The summed E-state index contributed by atoms with van der Waals surface area (Å²) in [6, 6.07) is 8.25. The number of carbonyl (C=O) groups is 1. The van der Waals surface area contributed by atoms with Crippen molar-refractivity contribution in [1.82, 2.24) is 4.90 Å². The van der Waals surface area contributed by atoms with E-state index in [-0.39, 0.29) is 12.0 Å². The van der Waals surface area contributed by atoms with Gasteiger partial charge in [0, 0.05) is 31.3 Å². The Morgan fingerprint density at radius 2 is 1.96 bits per heavy atom. The van der Waals surface area contributed by atoms with Crippen molar-refractivity contribution in [3.05, 3.63) is 29.8 Å². The van der Waals surface area contributed by atoms with Crippen LogP contribution in [-0.2, 0) is 16.0 Å². The molecular weight excluding hydrogens is 312 g/mol. The third-order valence-corrected chi connectivity index (χ3v) is 5.83. The molecule has 1 aliphatic carbocycles. The zero-order chi connectivity index (χ0) is 17.6. The third kappa shape index (κ3) is 4.97. The number of nitrogens with two attached hydrogens (primary N) is 1. The molecule has 138 valence electrons. The van der Waals surface area contributed by atoms with Gasteiger partial charge in [0.25, 0.3) is 0 Å². The van der Waals surface area contributed by atoms with Crippen molar-refractivity contribution in [2.24, 2.45) is 5.92 Å². The van der Waals surface area contributed by atoms with Crippen LogP contribution in [0.5, 0.6) is 0 Å². The molecule has 25 heavy (non-hydrogen) atoms. The molecule has 1 aromatic rings. The molecule has 3 rings (SSSR count). The number of para-hydroxylation sites is 1. The number of nitrogen functional groups attached to an aromatic ring is 1. The quantitative estimate of drug-likeness (QED) is 0.799. The maximum Gasteiger partial charge on any atom is 0.223 e. The summed E-state index contributed by atoms with van der Waals surface area (Å²) in [5.74, 6) is 1.05. The summed E-state index contributed by atoms with van der Waals surface area (Å²) in [4.78, 5) is 15.2. The molecule has 1 amide bonds. The Bertz CT molecular complexity index is 561. The summed E-state index contributed by atoms with van der Waals surface area (Å²) >= 11 is 0. The summed E-state index contributed by atoms with van der Waals surface area (Å²) in [7, 11) is 0. The molecule has 4 heteroatoms. The maximum absolute atomic E-state index is 13.0. The van der Waals surface area contributed by atoms with Gasteiger partial charge < -0.3 is 15.4 Å². The van der Waals surface area contributed by atoms with Crippen LogP contribution < -0.4 is 5.73 Å². The molecule has 0 radical (unpaired) electrons. The first-order valence-electron chi connectivity index (χ1n) is 9.88. The number of ether oxygens (including phenoxy) is 1. The maximum atomic E-state index is 13.0. The highest BCUT2D eigenvalue weighted by atomic mass is 16.5. The number of aryl methyl sites for hydroxylation is 1. The Morgan fingerprint density at radius 1 is 1.20 bits per heavy atom. The van der Waals surface area contributed by atoms with Crippen molar-refractivity contribution in [1.29, 1.82) is 0 Å². The molecule has 1 unspecified atom stereocenters. The number of nitrogens with zero attached hydrogens (tertiary/aromatic N) is 1. The van der Waals surface area contributed by atoms with Crippen LogP contribution in [0.1, 0.15) is 57.4 Å². The van der Waals surface area contributed by atoms with Gasteiger partial charge in [-0.05, 0) is 62.5 Å². The standard InChI is InChI=1S/C21H32N2O2/c1-16-8-11-18(12-9-16)23(15-19-6-4-14-25-19)21(24)13-10-17-5-2-3-7-20(17)22/h2-3,5,7,16,18-19H,4,6,8-15,22H2,1H3.